The standard InChI is InChI=1S/C15H21N5O2S/c1-5-22-14(21)13(11(4)17-20-15(16)23)19-18-12-9(2)7-6-8-10(12)3/h6-8,18H,5H2,1-4H3,(H3,16,20,23)/b17-11+,19-13-. The number of hydrogen-bond acceptors (Lipinski definition) is 6. The molecule has 7 nitrogen and oxygen atoms in total. The Bertz CT molecular complexity index is 635. The van der Waals surface area contributed by atoms with Crippen molar-refractivity contribution in [3.8, 4) is 0 Å². The van der Waals surface area contributed by atoms with Crippen molar-refractivity contribution in [2.24, 2.45) is 15.9 Å². The number of carbonyl (C=O) groups excluding carboxylic acids is 1. The fourth-order valence-electron chi connectivity index (χ4n) is 1.77. The second-order valence-electron chi connectivity index (χ2n) is 4.73. The molecule has 0 fully saturated rings. The van der Waals surface area contributed by atoms with E-state index in [0.29, 0.717) is 5.71 Å². The van der Waals surface area contributed by atoms with Gasteiger partial charge in [-0.1, -0.05) is 18.2 Å². The van der Waals surface area contributed by atoms with Gasteiger partial charge in [0.05, 0.1) is 18.0 Å². The van der Waals surface area contributed by atoms with Crippen LogP contribution in [-0.4, -0.2) is 29.1 Å². The minimum absolute atomic E-state index is 0.00438. The van der Waals surface area contributed by atoms with E-state index < -0.39 is 5.97 Å². The highest BCUT2D eigenvalue weighted by atomic mass is 32.1. The maximum Gasteiger partial charge on any atom is 0.360 e. The van der Waals surface area contributed by atoms with Gasteiger partial charge in [0.15, 0.2) is 10.8 Å². The van der Waals surface area contributed by atoms with Crippen molar-refractivity contribution >= 4 is 40.4 Å². The second-order valence-corrected chi connectivity index (χ2v) is 5.17. The van der Waals surface area contributed by atoms with Crippen molar-refractivity contribution in [1.29, 1.82) is 0 Å². The van der Waals surface area contributed by atoms with E-state index in [2.05, 4.69) is 33.3 Å². The van der Waals surface area contributed by atoms with Gasteiger partial charge < -0.3 is 10.5 Å². The fourth-order valence-corrected chi connectivity index (χ4v) is 1.81. The second kappa shape index (κ2) is 8.84. The zero-order chi connectivity index (χ0) is 17.4. The number of esters is 1. The van der Waals surface area contributed by atoms with Crippen LogP contribution in [0.5, 0.6) is 0 Å². The number of benzene rings is 1. The lowest BCUT2D eigenvalue weighted by atomic mass is 10.1. The van der Waals surface area contributed by atoms with E-state index in [4.69, 9.17) is 10.5 Å². The van der Waals surface area contributed by atoms with E-state index in [1.165, 1.54) is 0 Å². The van der Waals surface area contributed by atoms with Gasteiger partial charge in [-0.3, -0.25) is 10.9 Å². The summed E-state index contributed by atoms with van der Waals surface area (Å²) < 4.78 is 5.00. The summed E-state index contributed by atoms with van der Waals surface area (Å²) in [6.07, 6.45) is 0. The molecule has 0 atom stereocenters. The Kier molecular flexibility index (Phi) is 7.14. The number of nitrogens with two attached hydrogens (primary N) is 1. The normalized spacial score (nSPS) is 11.8. The van der Waals surface area contributed by atoms with Gasteiger partial charge in [-0.05, 0) is 51.0 Å². The van der Waals surface area contributed by atoms with E-state index in [1.807, 2.05) is 32.0 Å². The fraction of sp³-hybridized carbons (Fsp3) is 0.333. The van der Waals surface area contributed by atoms with Crippen molar-refractivity contribution in [1.82, 2.24) is 5.43 Å². The first-order valence-electron chi connectivity index (χ1n) is 7.04. The van der Waals surface area contributed by atoms with Crippen LogP contribution in [0.4, 0.5) is 5.69 Å². The number of hydrazone groups is 2. The average molecular weight is 335 g/mol. The first-order valence-corrected chi connectivity index (χ1v) is 7.44. The van der Waals surface area contributed by atoms with Crippen molar-refractivity contribution in [2.75, 3.05) is 12.0 Å². The molecule has 0 aliphatic carbocycles. The van der Waals surface area contributed by atoms with Gasteiger partial charge in [-0.25, -0.2) is 4.79 Å². The first kappa shape index (κ1) is 18.6. The molecule has 0 saturated carbocycles. The molecule has 4 N–H and O–H groups in total. The minimum Gasteiger partial charge on any atom is -0.461 e. The van der Waals surface area contributed by atoms with Crippen LogP contribution >= 0.6 is 12.2 Å². The van der Waals surface area contributed by atoms with Crippen molar-refractivity contribution in [3.63, 3.8) is 0 Å². The van der Waals surface area contributed by atoms with E-state index in [9.17, 15) is 4.79 Å². The molecule has 0 bridgehead atoms. The van der Waals surface area contributed by atoms with Crippen LogP contribution in [0, 0.1) is 13.8 Å². The van der Waals surface area contributed by atoms with Gasteiger partial charge in [0.2, 0.25) is 0 Å². The lowest BCUT2D eigenvalue weighted by Gasteiger charge is -2.11. The van der Waals surface area contributed by atoms with E-state index in [-0.39, 0.29) is 17.4 Å². The number of nitrogens with zero attached hydrogens (tertiary/aromatic N) is 2. The largest absolute Gasteiger partial charge is 0.461 e. The number of nitrogens with one attached hydrogen (secondary N) is 2. The molecule has 0 saturated heterocycles. The van der Waals surface area contributed by atoms with Crippen molar-refractivity contribution in [2.45, 2.75) is 27.7 Å². The smallest absolute Gasteiger partial charge is 0.360 e. The van der Waals surface area contributed by atoms with Gasteiger partial charge in [-0.15, -0.1) is 0 Å². The summed E-state index contributed by atoms with van der Waals surface area (Å²) in [7, 11) is 0. The Morgan fingerprint density at radius 1 is 1.30 bits per heavy atom. The molecule has 0 spiro atoms. The number of carbonyl (C=O) groups is 1. The molecule has 0 radical (unpaired) electrons. The zero-order valence-electron chi connectivity index (χ0n) is 13.6. The molecular weight excluding hydrogens is 314 g/mol. The predicted octanol–water partition coefficient (Wildman–Crippen LogP) is 1.84. The molecule has 1 rings (SSSR count). The quantitative estimate of drug-likeness (QED) is 0.317. The summed E-state index contributed by atoms with van der Waals surface area (Å²) in [6.45, 7) is 7.45. The molecule has 23 heavy (non-hydrogen) atoms. The number of rotatable bonds is 6. The number of thiocarbonyl (C=S) groups is 1. The monoisotopic (exact) mass is 335 g/mol. The summed E-state index contributed by atoms with van der Waals surface area (Å²) >= 11 is 4.68. The summed E-state index contributed by atoms with van der Waals surface area (Å²) in [6, 6.07) is 5.85. The minimum atomic E-state index is -0.586. The molecule has 0 aromatic heterocycles. The molecule has 0 unspecified atom stereocenters. The first-order chi connectivity index (χ1) is 10.9. The molecule has 0 heterocycles. The molecule has 0 aliphatic rings. The van der Waals surface area contributed by atoms with Crippen LogP contribution in [0.2, 0.25) is 0 Å². The number of para-hydroxylation sites is 1. The van der Waals surface area contributed by atoms with Crippen LogP contribution in [0.1, 0.15) is 25.0 Å². The molecule has 0 aliphatic heterocycles. The Balaban J connectivity index is 3.11. The molecule has 8 heteroatoms. The Morgan fingerprint density at radius 2 is 1.91 bits per heavy atom. The van der Waals surface area contributed by atoms with Gasteiger partial charge >= 0.3 is 5.97 Å². The van der Waals surface area contributed by atoms with Gasteiger partial charge in [0.25, 0.3) is 0 Å². The lowest BCUT2D eigenvalue weighted by Crippen LogP contribution is -2.30. The third-order valence-corrected chi connectivity index (χ3v) is 3.00. The van der Waals surface area contributed by atoms with E-state index in [1.54, 1.807) is 13.8 Å². The van der Waals surface area contributed by atoms with Crippen LogP contribution < -0.4 is 16.6 Å². The highest BCUT2D eigenvalue weighted by Gasteiger charge is 2.17. The number of anilines is 1. The van der Waals surface area contributed by atoms with Gasteiger partial charge in [0, 0.05) is 0 Å². The summed E-state index contributed by atoms with van der Waals surface area (Å²) in [5.41, 5.74) is 13.8. The van der Waals surface area contributed by atoms with E-state index in [0.717, 1.165) is 16.8 Å². The van der Waals surface area contributed by atoms with Gasteiger partial charge in [-0.2, -0.15) is 10.2 Å². The van der Waals surface area contributed by atoms with Gasteiger partial charge in [0.1, 0.15) is 0 Å². The number of aryl methyl sites for hydroxylation is 2. The highest BCUT2D eigenvalue weighted by Crippen LogP contribution is 2.19. The summed E-state index contributed by atoms with van der Waals surface area (Å²) in [5, 5.41) is 8.06. The number of hydrogen-bond donors (Lipinski definition) is 3. The third-order valence-electron chi connectivity index (χ3n) is 2.91. The maximum atomic E-state index is 12.1. The summed E-state index contributed by atoms with van der Waals surface area (Å²) in [4.78, 5) is 12.1. The molecule has 1 aromatic carbocycles. The van der Waals surface area contributed by atoms with E-state index >= 15 is 0 Å². The Morgan fingerprint density at radius 3 is 2.43 bits per heavy atom. The topological polar surface area (TPSA) is 101 Å². The Hall–Kier alpha value is -2.48. The summed E-state index contributed by atoms with van der Waals surface area (Å²) in [5.74, 6) is -0.586. The van der Waals surface area contributed by atoms with Crippen LogP contribution in [0.3, 0.4) is 0 Å². The molecule has 1 aromatic rings. The lowest BCUT2D eigenvalue weighted by molar-refractivity contribution is -0.134. The van der Waals surface area contributed by atoms with Crippen LogP contribution in [0.25, 0.3) is 0 Å². The average Bonchev–Trinajstić information content (AvgIpc) is 2.48. The number of ether oxygens (including phenoxy) is 1. The van der Waals surface area contributed by atoms with Crippen molar-refractivity contribution < 1.29 is 9.53 Å². The zero-order valence-corrected chi connectivity index (χ0v) is 14.5. The SMILES string of the molecule is CCOC(=O)C(=N\Nc1c(C)cccc1C)/C(C)=N/NC(N)=S. The van der Waals surface area contributed by atoms with Crippen molar-refractivity contribution in [3.05, 3.63) is 29.3 Å². The van der Waals surface area contributed by atoms with Crippen LogP contribution in [-0.2, 0) is 9.53 Å². The van der Waals surface area contributed by atoms with Crippen LogP contribution in [0.15, 0.2) is 28.4 Å². The predicted molar refractivity (Wildman–Crippen MR) is 96.6 cm³/mol. The maximum absolute atomic E-state index is 12.1. The molecular formula is C15H21N5O2S. The molecule has 0 amide bonds. The highest BCUT2D eigenvalue weighted by molar-refractivity contribution is 7.80. The molecule has 124 valence electrons. The Labute approximate surface area is 141 Å². The third kappa shape index (κ3) is 5.67.